The van der Waals surface area contributed by atoms with E-state index in [0.717, 1.165) is 45.2 Å². The van der Waals surface area contributed by atoms with Gasteiger partial charge in [-0.05, 0) is 59.0 Å². The van der Waals surface area contributed by atoms with Crippen LogP contribution in [0, 0.1) is 26.0 Å². The van der Waals surface area contributed by atoms with Crippen LogP contribution in [0.25, 0.3) is 28.3 Å². The Bertz CT molecular complexity index is 2070. The summed E-state index contributed by atoms with van der Waals surface area (Å²) in [4.78, 5) is 9.77. The second kappa shape index (κ2) is 11.6. The van der Waals surface area contributed by atoms with Crippen molar-refractivity contribution in [3.8, 4) is 39.8 Å². The molecule has 240 valence electrons. The fourth-order valence-corrected chi connectivity index (χ4v) is 7.36. The summed E-state index contributed by atoms with van der Waals surface area (Å²) in [5.74, 6) is 3.01. The fraction of sp³-hybridized carbons (Fsp3) is 0.286. The molecule has 0 unspecified atom stereocenters. The molecule has 1 aliphatic heterocycles. The SMILES string of the molecule is Cc1cnc(-c2[c-]c(Oc3[c-]c(-c4ncc(C(C)(C)C)c5c4C4=C(C(C)(C)c6ccccc6O4)C5(C)C)ccc3)ccc2)cc1C.[Pt+2]. The van der Waals surface area contributed by atoms with Crippen LogP contribution in [0.3, 0.4) is 0 Å². The normalized spacial score (nSPS) is 15.6. The molecular formula is C42H40N2O2Pt. The molecule has 0 radical (unpaired) electrons. The van der Waals surface area contributed by atoms with Gasteiger partial charge in [0.25, 0.3) is 0 Å². The minimum atomic E-state index is -0.284. The second-order valence-electron chi connectivity index (χ2n) is 14.7. The first-order valence-electron chi connectivity index (χ1n) is 16.0. The Morgan fingerprint density at radius 2 is 1.40 bits per heavy atom. The Morgan fingerprint density at radius 3 is 2.09 bits per heavy atom. The van der Waals surface area contributed by atoms with Crippen molar-refractivity contribution < 1.29 is 30.5 Å². The number of hydrogen-bond acceptors (Lipinski definition) is 4. The van der Waals surface area contributed by atoms with Crippen LogP contribution in [0.5, 0.6) is 17.2 Å². The van der Waals surface area contributed by atoms with Gasteiger partial charge in [0.15, 0.2) is 0 Å². The quantitative estimate of drug-likeness (QED) is 0.170. The number of para-hydroxylation sites is 1. The van der Waals surface area contributed by atoms with Gasteiger partial charge in [-0.25, -0.2) is 0 Å². The van der Waals surface area contributed by atoms with E-state index in [9.17, 15) is 0 Å². The van der Waals surface area contributed by atoms with Gasteiger partial charge in [-0.1, -0.05) is 90.4 Å². The molecule has 3 heterocycles. The topological polar surface area (TPSA) is 44.2 Å². The van der Waals surface area contributed by atoms with Crippen LogP contribution in [0.2, 0.25) is 0 Å². The molecule has 0 atom stereocenters. The van der Waals surface area contributed by atoms with Gasteiger partial charge in [-0.15, -0.1) is 47.5 Å². The molecule has 0 amide bonds. The minimum absolute atomic E-state index is 0. The molecule has 7 rings (SSSR count). The third kappa shape index (κ3) is 5.45. The van der Waals surface area contributed by atoms with E-state index in [-0.39, 0.29) is 37.3 Å². The van der Waals surface area contributed by atoms with Crippen LogP contribution in [-0.2, 0) is 37.3 Å². The molecular weight excluding hydrogens is 760 g/mol. The summed E-state index contributed by atoms with van der Waals surface area (Å²) in [6.45, 7) is 20.3. The Kier molecular flexibility index (Phi) is 8.12. The Morgan fingerprint density at radius 1 is 0.745 bits per heavy atom. The molecule has 5 heteroatoms. The van der Waals surface area contributed by atoms with Gasteiger partial charge >= 0.3 is 21.1 Å². The van der Waals surface area contributed by atoms with Gasteiger partial charge in [0.05, 0.1) is 0 Å². The van der Waals surface area contributed by atoms with Gasteiger partial charge in [-0.2, -0.15) is 0 Å². The fourth-order valence-electron chi connectivity index (χ4n) is 7.36. The molecule has 1 aliphatic carbocycles. The molecule has 0 bridgehead atoms. The van der Waals surface area contributed by atoms with Crippen LogP contribution < -0.4 is 9.47 Å². The number of hydrogen-bond donors (Lipinski definition) is 0. The maximum Gasteiger partial charge on any atom is 2.00 e. The van der Waals surface area contributed by atoms with Crippen molar-refractivity contribution in [1.29, 1.82) is 0 Å². The molecule has 3 aromatic carbocycles. The maximum atomic E-state index is 6.86. The summed E-state index contributed by atoms with van der Waals surface area (Å²) < 4.78 is 13.2. The number of rotatable bonds is 4. The standard InChI is InChI=1S/C42H40N2O2.Pt/c1-25-20-33(43-23-26(25)2)27-14-12-16-29(21-27)45-30-17-13-15-28(22-30)37-35-36(32(24-44-37)40(3,4)5)42(8,9)39-38(35)46-34-19-11-10-18-31(34)41(39,6)7;/h10-20,23-24H,1-9H3;/q-2;+2. The Hall–Kier alpha value is -4.01. The van der Waals surface area contributed by atoms with Crippen molar-refractivity contribution in [3.05, 3.63) is 130 Å². The van der Waals surface area contributed by atoms with Crippen molar-refractivity contribution >= 4 is 5.76 Å². The zero-order valence-corrected chi connectivity index (χ0v) is 30.8. The molecule has 0 saturated heterocycles. The number of ether oxygens (including phenoxy) is 2. The molecule has 0 saturated carbocycles. The van der Waals surface area contributed by atoms with E-state index in [4.69, 9.17) is 14.5 Å². The Balaban J connectivity index is 0.00000386. The number of aromatic nitrogens is 2. The largest absolute Gasteiger partial charge is 2.00 e. The second-order valence-corrected chi connectivity index (χ2v) is 14.7. The van der Waals surface area contributed by atoms with Gasteiger partial charge < -0.3 is 19.4 Å². The molecule has 5 aromatic rings. The number of allylic oxidation sites excluding steroid dienone is 1. The van der Waals surface area contributed by atoms with Crippen molar-refractivity contribution in [3.63, 3.8) is 0 Å². The van der Waals surface area contributed by atoms with Crippen molar-refractivity contribution in [1.82, 2.24) is 9.97 Å². The van der Waals surface area contributed by atoms with Gasteiger partial charge in [-0.3, -0.25) is 0 Å². The van der Waals surface area contributed by atoms with Crippen LogP contribution in [0.1, 0.15) is 81.8 Å². The number of nitrogens with zero attached hydrogens (tertiary/aromatic N) is 2. The number of aryl methyl sites for hydroxylation is 2. The number of fused-ring (bicyclic) bond motifs is 3. The van der Waals surface area contributed by atoms with Crippen molar-refractivity contribution in [2.45, 2.75) is 78.6 Å². The number of benzene rings is 3. The van der Waals surface area contributed by atoms with Crippen LogP contribution in [0.4, 0.5) is 0 Å². The molecule has 4 nitrogen and oxygen atoms in total. The third-order valence-electron chi connectivity index (χ3n) is 9.65. The van der Waals surface area contributed by atoms with E-state index in [0.29, 0.717) is 11.5 Å². The molecule has 0 N–H and O–H groups in total. The average molecular weight is 800 g/mol. The summed E-state index contributed by atoms with van der Waals surface area (Å²) >= 11 is 0. The van der Waals surface area contributed by atoms with Gasteiger partial charge in [0, 0.05) is 45.8 Å². The van der Waals surface area contributed by atoms with Gasteiger partial charge in [0.2, 0.25) is 0 Å². The molecule has 47 heavy (non-hydrogen) atoms. The Labute approximate surface area is 293 Å². The average Bonchev–Trinajstić information content (AvgIpc) is 3.25. The first-order valence-corrected chi connectivity index (χ1v) is 16.0. The maximum absolute atomic E-state index is 6.86. The molecule has 2 aliphatic rings. The van der Waals surface area contributed by atoms with Crippen LogP contribution in [-0.4, -0.2) is 9.97 Å². The summed E-state index contributed by atoms with van der Waals surface area (Å²) in [5.41, 5.74) is 11.2. The monoisotopic (exact) mass is 799 g/mol. The predicted molar refractivity (Wildman–Crippen MR) is 185 cm³/mol. The van der Waals surface area contributed by atoms with Crippen molar-refractivity contribution in [2.75, 3.05) is 0 Å². The van der Waals surface area contributed by atoms with E-state index >= 15 is 0 Å². The van der Waals surface area contributed by atoms with Crippen molar-refractivity contribution in [2.24, 2.45) is 0 Å². The van der Waals surface area contributed by atoms with Gasteiger partial charge in [0.1, 0.15) is 11.5 Å². The van der Waals surface area contributed by atoms with E-state index in [1.165, 1.54) is 27.8 Å². The van der Waals surface area contributed by atoms with E-state index in [1.54, 1.807) is 0 Å². The van der Waals surface area contributed by atoms with E-state index in [2.05, 4.69) is 116 Å². The summed E-state index contributed by atoms with van der Waals surface area (Å²) in [7, 11) is 0. The zero-order valence-electron chi connectivity index (χ0n) is 28.5. The predicted octanol–water partition coefficient (Wildman–Crippen LogP) is 10.5. The van der Waals surface area contributed by atoms with Crippen LogP contribution >= 0.6 is 0 Å². The molecule has 2 aromatic heterocycles. The van der Waals surface area contributed by atoms with E-state index < -0.39 is 0 Å². The summed E-state index contributed by atoms with van der Waals surface area (Å²) in [6, 6.07) is 29.3. The van der Waals surface area contributed by atoms with E-state index in [1.807, 2.05) is 42.6 Å². The first-order chi connectivity index (χ1) is 21.8. The minimum Gasteiger partial charge on any atom is -0.497 e. The van der Waals surface area contributed by atoms with Crippen LogP contribution in [0.15, 0.2) is 84.7 Å². The number of pyridine rings is 2. The third-order valence-corrected chi connectivity index (χ3v) is 9.65. The summed E-state index contributed by atoms with van der Waals surface area (Å²) in [6.07, 6.45) is 3.96. The molecule has 0 fully saturated rings. The smallest absolute Gasteiger partial charge is 0.497 e. The first kappa shape index (κ1) is 32.9. The zero-order chi connectivity index (χ0) is 32.6. The summed E-state index contributed by atoms with van der Waals surface area (Å²) in [5, 5.41) is 0. The molecule has 0 spiro atoms.